The van der Waals surface area contributed by atoms with Crippen LogP contribution in [0.1, 0.15) is 19.4 Å². The number of hydrogen-bond donors (Lipinski definition) is 1. The van der Waals surface area contributed by atoms with Gasteiger partial charge in [-0.15, -0.1) is 0 Å². The summed E-state index contributed by atoms with van der Waals surface area (Å²) in [4.78, 5) is 0. The maximum absolute atomic E-state index is 13.2. The molecule has 0 spiro atoms. The molecule has 0 heterocycles. The summed E-state index contributed by atoms with van der Waals surface area (Å²) in [5, 5.41) is 0. The monoisotopic (exact) mass is 199 g/mol. The Kier molecular flexibility index (Phi) is 3.21. The van der Waals surface area contributed by atoms with Gasteiger partial charge in [-0.3, -0.25) is 0 Å². The van der Waals surface area contributed by atoms with Crippen LogP contribution in [0.5, 0.6) is 0 Å². The second kappa shape index (κ2) is 4.05. The van der Waals surface area contributed by atoms with Crippen molar-refractivity contribution < 1.29 is 8.78 Å². The van der Waals surface area contributed by atoms with Crippen molar-refractivity contribution in [1.82, 2.24) is 0 Å². The Bertz CT molecular complexity index is 301. The standard InChI is InChI=1S/C11H15F2N/c1-11(2,7-14)6-8-9(12)4-3-5-10(8)13/h3-5H,6-7,14H2,1-2H3. The van der Waals surface area contributed by atoms with Gasteiger partial charge in [-0.2, -0.15) is 0 Å². The maximum atomic E-state index is 13.2. The van der Waals surface area contributed by atoms with Gasteiger partial charge >= 0.3 is 0 Å². The minimum Gasteiger partial charge on any atom is -0.330 e. The molecule has 0 amide bonds. The molecule has 1 aromatic carbocycles. The zero-order valence-electron chi connectivity index (χ0n) is 8.48. The van der Waals surface area contributed by atoms with Gasteiger partial charge in [0.15, 0.2) is 0 Å². The smallest absolute Gasteiger partial charge is 0.129 e. The summed E-state index contributed by atoms with van der Waals surface area (Å²) >= 11 is 0. The second-order valence-electron chi connectivity index (χ2n) is 4.25. The van der Waals surface area contributed by atoms with E-state index in [4.69, 9.17) is 5.73 Å². The highest BCUT2D eigenvalue weighted by atomic mass is 19.1. The van der Waals surface area contributed by atoms with Crippen molar-refractivity contribution in [3.63, 3.8) is 0 Å². The zero-order valence-corrected chi connectivity index (χ0v) is 8.48. The van der Waals surface area contributed by atoms with Gasteiger partial charge in [-0.05, 0) is 30.5 Å². The summed E-state index contributed by atoms with van der Waals surface area (Å²) in [5.74, 6) is -0.988. The predicted molar refractivity (Wildman–Crippen MR) is 52.9 cm³/mol. The largest absolute Gasteiger partial charge is 0.330 e. The molecule has 0 aliphatic heterocycles. The van der Waals surface area contributed by atoms with E-state index in [0.29, 0.717) is 13.0 Å². The van der Waals surface area contributed by atoms with Gasteiger partial charge in [0.25, 0.3) is 0 Å². The molecule has 0 aliphatic carbocycles. The molecule has 1 aromatic rings. The van der Waals surface area contributed by atoms with Crippen LogP contribution in [0.4, 0.5) is 8.78 Å². The summed E-state index contributed by atoms with van der Waals surface area (Å²) in [6, 6.07) is 3.90. The van der Waals surface area contributed by atoms with Crippen LogP contribution in [0, 0.1) is 17.0 Å². The van der Waals surface area contributed by atoms with E-state index in [9.17, 15) is 8.78 Å². The number of benzene rings is 1. The van der Waals surface area contributed by atoms with E-state index >= 15 is 0 Å². The van der Waals surface area contributed by atoms with Crippen molar-refractivity contribution >= 4 is 0 Å². The average Bonchev–Trinajstić information content (AvgIpc) is 2.12. The van der Waals surface area contributed by atoms with E-state index in [2.05, 4.69) is 0 Å². The van der Waals surface area contributed by atoms with Crippen molar-refractivity contribution in [3.8, 4) is 0 Å². The third-order valence-corrected chi connectivity index (χ3v) is 2.27. The minimum atomic E-state index is -0.494. The van der Waals surface area contributed by atoms with Crippen molar-refractivity contribution in [2.45, 2.75) is 20.3 Å². The fraction of sp³-hybridized carbons (Fsp3) is 0.455. The highest BCUT2D eigenvalue weighted by Gasteiger charge is 2.20. The van der Waals surface area contributed by atoms with Crippen LogP contribution in [0.3, 0.4) is 0 Å². The number of rotatable bonds is 3. The highest BCUT2D eigenvalue weighted by molar-refractivity contribution is 5.20. The lowest BCUT2D eigenvalue weighted by atomic mass is 9.85. The molecule has 3 heteroatoms. The second-order valence-corrected chi connectivity index (χ2v) is 4.25. The molecule has 78 valence electrons. The topological polar surface area (TPSA) is 26.0 Å². The van der Waals surface area contributed by atoms with Crippen LogP contribution in [-0.2, 0) is 6.42 Å². The summed E-state index contributed by atoms with van der Waals surface area (Å²) in [6.07, 6.45) is 0.321. The SMILES string of the molecule is CC(C)(CN)Cc1c(F)cccc1F. The molecule has 0 saturated heterocycles. The normalized spacial score (nSPS) is 11.8. The van der Waals surface area contributed by atoms with E-state index < -0.39 is 11.6 Å². The molecular weight excluding hydrogens is 184 g/mol. The van der Waals surface area contributed by atoms with Crippen LogP contribution in [0.2, 0.25) is 0 Å². The molecule has 14 heavy (non-hydrogen) atoms. The Morgan fingerprint density at radius 2 is 1.71 bits per heavy atom. The fourth-order valence-corrected chi connectivity index (χ4v) is 1.25. The Morgan fingerprint density at radius 1 is 1.21 bits per heavy atom. The Balaban J connectivity index is 2.97. The lowest BCUT2D eigenvalue weighted by Crippen LogP contribution is -2.26. The molecule has 1 rings (SSSR count). The van der Waals surface area contributed by atoms with Crippen LogP contribution in [0.15, 0.2) is 18.2 Å². The van der Waals surface area contributed by atoms with Crippen LogP contribution in [0.25, 0.3) is 0 Å². The number of nitrogens with two attached hydrogens (primary N) is 1. The molecule has 0 radical (unpaired) electrons. The molecular formula is C11H15F2N. The van der Waals surface area contributed by atoms with E-state index in [-0.39, 0.29) is 11.0 Å². The predicted octanol–water partition coefficient (Wildman–Crippen LogP) is 2.49. The van der Waals surface area contributed by atoms with Gasteiger partial charge in [-0.25, -0.2) is 8.78 Å². The highest BCUT2D eigenvalue weighted by Crippen LogP contribution is 2.23. The maximum Gasteiger partial charge on any atom is 0.129 e. The molecule has 0 fully saturated rings. The van der Waals surface area contributed by atoms with Crippen molar-refractivity contribution in [2.75, 3.05) is 6.54 Å². The quantitative estimate of drug-likeness (QED) is 0.795. The van der Waals surface area contributed by atoms with Crippen LogP contribution < -0.4 is 5.73 Å². The Labute approximate surface area is 82.9 Å². The van der Waals surface area contributed by atoms with Crippen molar-refractivity contribution in [2.24, 2.45) is 11.1 Å². The van der Waals surface area contributed by atoms with Gasteiger partial charge in [0.1, 0.15) is 11.6 Å². The third-order valence-electron chi connectivity index (χ3n) is 2.27. The van der Waals surface area contributed by atoms with E-state index in [0.717, 1.165) is 0 Å². The van der Waals surface area contributed by atoms with Crippen molar-refractivity contribution in [1.29, 1.82) is 0 Å². The van der Waals surface area contributed by atoms with Gasteiger partial charge in [0.2, 0.25) is 0 Å². The Morgan fingerprint density at radius 3 is 2.14 bits per heavy atom. The van der Waals surface area contributed by atoms with Gasteiger partial charge in [-0.1, -0.05) is 19.9 Å². The summed E-state index contributed by atoms with van der Waals surface area (Å²) in [7, 11) is 0. The molecule has 2 N–H and O–H groups in total. The van der Waals surface area contributed by atoms with Crippen molar-refractivity contribution in [3.05, 3.63) is 35.4 Å². The van der Waals surface area contributed by atoms with E-state index in [1.54, 1.807) is 0 Å². The summed E-state index contributed by atoms with van der Waals surface area (Å²) in [5.41, 5.74) is 5.36. The molecule has 0 aliphatic rings. The number of halogens is 2. The first-order valence-electron chi connectivity index (χ1n) is 4.59. The first-order chi connectivity index (χ1) is 6.46. The summed E-state index contributed by atoms with van der Waals surface area (Å²) in [6.45, 7) is 4.18. The molecule has 0 unspecified atom stereocenters. The van der Waals surface area contributed by atoms with Gasteiger partial charge in [0, 0.05) is 5.56 Å². The van der Waals surface area contributed by atoms with E-state index in [1.165, 1.54) is 18.2 Å². The lowest BCUT2D eigenvalue weighted by Gasteiger charge is -2.22. The first kappa shape index (κ1) is 11.1. The minimum absolute atomic E-state index is 0.128. The molecule has 1 nitrogen and oxygen atoms in total. The fourth-order valence-electron chi connectivity index (χ4n) is 1.25. The van der Waals surface area contributed by atoms with Crippen LogP contribution in [-0.4, -0.2) is 6.54 Å². The zero-order chi connectivity index (χ0) is 10.8. The third kappa shape index (κ3) is 2.51. The molecule has 0 bridgehead atoms. The summed E-state index contributed by atoms with van der Waals surface area (Å²) < 4.78 is 26.5. The lowest BCUT2D eigenvalue weighted by molar-refractivity contribution is 0.361. The molecule has 0 atom stereocenters. The van der Waals surface area contributed by atoms with Gasteiger partial charge < -0.3 is 5.73 Å². The first-order valence-corrected chi connectivity index (χ1v) is 4.59. The Hall–Kier alpha value is -0.960. The van der Waals surface area contributed by atoms with Gasteiger partial charge in [0.05, 0.1) is 0 Å². The van der Waals surface area contributed by atoms with E-state index in [1.807, 2.05) is 13.8 Å². The molecule has 0 saturated carbocycles. The van der Waals surface area contributed by atoms with Crippen LogP contribution >= 0.6 is 0 Å². The number of hydrogen-bond acceptors (Lipinski definition) is 1. The molecule has 0 aromatic heterocycles. The average molecular weight is 199 g/mol.